The first kappa shape index (κ1) is 15.0. The van der Waals surface area contributed by atoms with Crippen molar-refractivity contribution in [3.05, 3.63) is 29.8 Å². The predicted octanol–water partition coefficient (Wildman–Crippen LogP) is 1.47. The molecule has 21 heavy (non-hydrogen) atoms. The van der Waals surface area contributed by atoms with Crippen LogP contribution in [0.3, 0.4) is 0 Å². The van der Waals surface area contributed by atoms with Gasteiger partial charge in [-0.3, -0.25) is 14.4 Å². The molecule has 1 aromatic carbocycles. The summed E-state index contributed by atoms with van der Waals surface area (Å²) >= 11 is 0. The second-order valence-electron chi connectivity index (χ2n) is 5.56. The molecule has 4 N–H and O–H groups in total. The van der Waals surface area contributed by atoms with Crippen LogP contribution < -0.4 is 11.1 Å². The van der Waals surface area contributed by atoms with Gasteiger partial charge in [0.2, 0.25) is 11.8 Å². The molecule has 0 saturated heterocycles. The van der Waals surface area contributed by atoms with Crippen LogP contribution in [0.4, 0.5) is 5.69 Å². The van der Waals surface area contributed by atoms with E-state index >= 15 is 0 Å². The van der Waals surface area contributed by atoms with Crippen molar-refractivity contribution in [2.24, 2.45) is 23.5 Å². The average molecular weight is 290 g/mol. The minimum Gasteiger partial charge on any atom is -0.481 e. The van der Waals surface area contributed by atoms with Gasteiger partial charge in [0.1, 0.15) is 0 Å². The maximum absolute atomic E-state index is 12.3. The predicted molar refractivity (Wildman–Crippen MR) is 76.6 cm³/mol. The van der Waals surface area contributed by atoms with E-state index in [1.165, 1.54) is 6.07 Å². The van der Waals surface area contributed by atoms with Crippen molar-refractivity contribution < 1.29 is 19.5 Å². The summed E-state index contributed by atoms with van der Waals surface area (Å²) < 4.78 is 0. The molecular formula is C15H18N2O4. The molecule has 0 radical (unpaired) electrons. The maximum atomic E-state index is 12.3. The quantitative estimate of drug-likeness (QED) is 0.780. The molecular weight excluding hydrogens is 272 g/mol. The molecule has 0 aliphatic heterocycles. The number of aliphatic carboxylic acids is 1. The van der Waals surface area contributed by atoms with Crippen LogP contribution in [-0.2, 0) is 9.59 Å². The summed E-state index contributed by atoms with van der Waals surface area (Å²) in [5.41, 5.74) is 5.92. The van der Waals surface area contributed by atoms with E-state index in [0.29, 0.717) is 24.1 Å². The summed E-state index contributed by atoms with van der Waals surface area (Å²) in [6, 6.07) is 6.28. The van der Waals surface area contributed by atoms with Gasteiger partial charge in [-0.05, 0) is 37.0 Å². The first-order valence-corrected chi connectivity index (χ1v) is 6.82. The van der Waals surface area contributed by atoms with Gasteiger partial charge in [0.25, 0.3) is 0 Å². The molecule has 0 spiro atoms. The highest BCUT2D eigenvalue weighted by atomic mass is 16.4. The zero-order chi connectivity index (χ0) is 15.6. The van der Waals surface area contributed by atoms with Gasteiger partial charge in [-0.1, -0.05) is 13.0 Å². The topological polar surface area (TPSA) is 109 Å². The van der Waals surface area contributed by atoms with E-state index in [-0.39, 0.29) is 11.8 Å². The Kier molecular flexibility index (Phi) is 4.26. The number of nitrogens with one attached hydrogen (secondary N) is 1. The fraction of sp³-hybridized carbons (Fsp3) is 0.400. The third kappa shape index (κ3) is 3.39. The van der Waals surface area contributed by atoms with Crippen molar-refractivity contribution in [3.63, 3.8) is 0 Å². The second kappa shape index (κ2) is 5.95. The Hall–Kier alpha value is -2.37. The van der Waals surface area contributed by atoms with Crippen LogP contribution >= 0.6 is 0 Å². The number of carboxylic acids is 1. The molecule has 2 rings (SSSR count). The molecule has 112 valence electrons. The van der Waals surface area contributed by atoms with Crippen LogP contribution in [-0.4, -0.2) is 22.9 Å². The zero-order valence-electron chi connectivity index (χ0n) is 11.7. The molecule has 6 heteroatoms. The third-order valence-corrected chi connectivity index (χ3v) is 3.87. The summed E-state index contributed by atoms with van der Waals surface area (Å²) in [6.07, 6.45) is 1.06. The Bertz CT molecular complexity index is 585. The first-order chi connectivity index (χ1) is 9.88. The van der Waals surface area contributed by atoms with E-state index in [9.17, 15) is 19.5 Å². The van der Waals surface area contributed by atoms with Crippen LogP contribution in [0.2, 0.25) is 0 Å². The SMILES string of the molecule is CC1CC(C(=O)O)C(C(=O)Nc2cccc(C(N)=O)c2)C1. The largest absolute Gasteiger partial charge is 0.481 e. The number of hydrogen-bond donors (Lipinski definition) is 3. The Balaban J connectivity index is 2.12. The summed E-state index contributed by atoms with van der Waals surface area (Å²) in [7, 11) is 0. The molecule has 0 aromatic heterocycles. The standard InChI is InChI=1S/C15H18N2O4/c1-8-5-11(12(6-8)15(20)21)14(19)17-10-4-2-3-9(7-10)13(16)18/h2-4,7-8,11-12H,5-6H2,1H3,(H2,16,18)(H,17,19)(H,20,21). The number of nitrogens with two attached hydrogens (primary N) is 1. The third-order valence-electron chi connectivity index (χ3n) is 3.87. The van der Waals surface area contributed by atoms with Crippen molar-refractivity contribution in [1.29, 1.82) is 0 Å². The van der Waals surface area contributed by atoms with Crippen molar-refractivity contribution >= 4 is 23.5 Å². The van der Waals surface area contributed by atoms with E-state index in [0.717, 1.165) is 0 Å². The smallest absolute Gasteiger partial charge is 0.307 e. The molecule has 3 unspecified atom stereocenters. The minimum atomic E-state index is -0.939. The fourth-order valence-corrected chi connectivity index (χ4v) is 2.84. The van der Waals surface area contributed by atoms with Gasteiger partial charge in [-0.2, -0.15) is 0 Å². The Morgan fingerprint density at radius 2 is 1.90 bits per heavy atom. The van der Waals surface area contributed by atoms with E-state index in [1.54, 1.807) is 18.2 Å². The summed E-state index contributed by atoms with van der Waals surface area (Å²) in [5, 5.41) is 11.9. The molecule has 2 amide bonds. The molecule has 1 aliphatic rings. The van der Waals surface area contributed by atoms with Crippen molar-refractivity contribution in [3.8, 4) is 0 Å². The van der Waals surface area contributed by atoms with Gasteiger partial charge in [0.05, 0.1) is 11.8 Å². The fourth-order valence-electron chi connectivity index (χ4n) is 2.84. The van der Waals surface area contributed by atoms with Gasteiger partial charge in [-0.25, -0.2) is 0 Å². The van der Waals surface area contributed by atoms with E-state index in [1.807, 2.05) is 6.92 Å². The van der Waals surface area contributed by atoms with Crippen molar-refractivity contribution in [1.82, 2.24) is 0 Å². The maximum Gasteiger partial charge on any atom is 0.307 e. The lowest BCUT2D eigenvalue weighted by Gasteiger charge is -2.15. The van der Waals surface area contributed by atoms with Gasteiger partial charge in [-0.15, -0.1) is 0 Å². The van der Waals surface area contributed by atoms with E-state index in [4.69, 9.17) is 5.73 Å². The number of primary amides is 1. The Morgan fingerprint density at radius 1 is 1.24 bits per heavy atom. The minimum absolute atomic E-state index is 0.207. The average Bonchev–Trinajstić information content (AvgIpc) is 2.81. The molecule has 1 aliphatic carbocycles. The number of benzene rings is 1. The highest BCUT2D eigenvalue weighted by Crippen LogP contribution is 2.37. The van der Waals surface area contributed by atoms with Gasteiger partial charge >= 0.3 is 5.97 Å². The summed E-state index contributed by atoms with van der Waals surface area (Å²) in [5.74, 6) is -2.84. The Labute approximate surface area is 122 Å². The molecule has 1 fully saturated rings. The van der Waals surface area contributed by atoms with Crippen LogP contribution in [0.25, 0.3) is 0 Å². The molecule has 0 bridgehead atoms. The van der Waals surface area contributed by atoms with Crippen LogP contribution in [0.5, 0.6) is 0 Å². The second-order valence-corrected chi connectivity index (χ2v) is 5.56. The number of rotatable bonds is 4. The van der Waals surface area contributed by atoms with E-state index in [2.05, 4.69) is 5.32 Å². The number of carboxylic acid groups (broad SMARTS) is 1. The van der Waals surface area contributed by atoms with Crippen LogP contribution in [0.15, 0.2) is 24.3 Å². The number of hydrogen-bond acceptors (Lipinski definition) is 3. The lowest BCUT2D eigenvalue weighted by atomic mass is 9.95. The highest BCUT2D eigenvalue weighted by molar-refractivity contribution is 5.98. The van der Waals surface area contributed by atoms with Crippen molar-refractivity contribution in [2.75, 3.05) is 5.32 Å². The lowest BCUT2D eigenvalue weighted by Crippen LogP contribution is -2.30. The number of anilines is 1. The number of carbonyl (C=O) groups excluding carboxylic acids is 2. The molecule has 6 nitrogen and oxygen atoms in total. The normalized spacial score (nSPS) is 24.5. The zero-order valence-corrected chi connectivity index (χ0v) is 11.7. The van der Waals surface area contributed by atoms with Gasteiger partial charge in [0, 0.05) is 11.3 Å². The first-order valence-electron chi connectivity index (χ1n) is 6.82. The Morgan fingerprint density at radius 3 is 2.52 bits per heavy atom. The number of carbonyl (C=O) groups is 3. The van der Waals surface area contributed by atoms with E-state index < -0.39 is 23.7 Å². The summed E-state index contributed by atoms with van der Waals surface area (Å²) in [6.45, 7) is 1.94. The monoisotopic (exact) mass is 290 g/mol. The summed E-state index contributed by atoms with van der Waals surface area (Å²) in [4.78, 5) is 34.6. The molecule has 3 atom stereocenters. The van der Waals surface area contributed by atoms with Gasteiger partial charge < -0.3 is 16.2 Å². The number of amides is 2. The van der Waals surface area contributed by atoms with Crippen molar-refractivity contribution in [2.45, 2.75) is 19.8 Å². The molecule has 1 saturated carbocycles. The van der Waals surface area contributed by atoms with Gasteiger partial charge in [0.15, 0.2) is 0 Å². The van der Waals surface area contributed by atoms with Crippen LogP contribution in [0, 0.1) is 17.8 Å². The highest BCUT2D eigenvalue weighted by Gasteiger charge is 2.41. The lowest BCUT2D eigenvalue weighted by molar-refractivity contribution is -0.145. The van der Waals surface area contributed by atoms with Crippen LogP contribution in [0.1, 0.15) is 30.1 Å². The molecule has 1 aromatic rings. The molecule has 0 heterocycles.